The summed E-state index contributed by atoms with van der Waals surface area (Å²) < 4.78 is 37.1. The summed E-state index contributed by atoms with van der Waals surface area (Å²) in [5.41, 5.74) is 0. The zero-order valence-electron chi connectivity index (χ0n) is 11.3. The second kappa shape index (κ2) is 6.09. The molecule has 2 N–H and O–H groups in total. The van der Waals surface area contributed by atoms with Gasteiger partial charge in [-0.3, -0.25) is 0 Å². The summed E-state index contributed by atoms with van der Waals surface area (Å²) in [4.78, 5) is 0. The lowest BCUT2D eigenvalue weighted by atomic mass is 10.3. The Morgan fingerprint density at radius 2 is 2.05 bits per heavy atom. The number of furan rings is 2. The molecule has 3 rings (SSSR count). The van der Waals surface area contributed by atoms with Gasteiger partial charge in [0, 0.05) is 6.54 Å². The smallest absolute Gasteiger partial charge is 0.250 e. The first-order valence-electron chi connectivity index (χ1n) is 6.41. The fourth-order valence-electron chi connectivity index (χ4n) is 1.86. The molecule has 0 saturated carbocycles. The molecule has 116 valence electrons. The van der Waals surface area contributed by atoms with E-state index >= 15 is 0 Å². The van der Waals surface area contributed by atoms with Gasteiger partial charge >= 0.3 is 0 Å². The first-order chi connectivity index (χ1) is 10.6. The van der Waals surface area contributed by atoms with Gasteiger partial charge in [0.2, 0.25) is 10.0 Å². The van der Waals surface area contributed by atoms with Crippen LogP contribution in [-0.4, -0.2) is 20.1 Å². The Hall–Kier alpha value is -1.87. The number of aliphatic hydroxyl groups is 1. The van der Waals surface area contributed by atoms with E-state index in [1.54, 1.807) is 35.7 Å². The molecule has 8 heteroatoms. The first kappa shape index (κ1) is 15.0. The molecule has 0 saturated heterocycles. The molecule has 0 aliphatic carbocycles. The van der Waals surface area contributed by atoms with Crippen LogP contribution < -0.4 is 4.72 Å². The molecule has 1 atom stereocenters. The molecular formula is C14H13NO5S2. The quantitative estimate of drug-likeness (QED) is 0.720. The molecule has 0 amide bonds. The lowest BCUT2D eigenvalue weighted by Crippen LogP contribution is -2.27. The van der Waals surface area contributed by atoms with Crippen LogP contribution in [0.3, 0.4) is 0 Å². The van der Waals surface area contributed by atoms with E-state index in [0.717, 1.165) is 11.3 Å². The highest BCUT2D eigenvalue weighted by molar-refractivity contribution is 7.91. The molecule has 0 aliphatic rings. The van der Waals surface area contributed by atoms with E-state index in [-0.39, 0.29) is 16.5 Å². The van der Waals surface area contributed by atoms with E-state index in [4.69, 9.17) is 8.83 Å². The number of hydrogen-bond acceptors (Lipinski definition) is 6. The second-order valence-electron chi connectivity index (χ2n) is 4.48. The van der Waals surface area contributed by atoms with Gasteiger partial charge in [0.1, 0.15) is 16.1 Å². The summed E-state index contributed by atoms with van der Waals surface area (Å²) in [5, 5.41) is 11.7. The molecule has 0 fully saturated rings. The van der Waals surface area contributed by atoms with E-state index in [9.17, 15) is 13.5 Å². The van der Waals surface area contributed by atoms with Gasteiger partial charge in [-0.25, -0.2) is 13.1 Å². The minimum absolute atomic E-state index is 0.175. The van der Waals surface area contributed by atoms with Gasteiger partial charge < -0.3 is 13.9 Å². The maximum Gasteiger partial charge on any atom is 0.250 e. The first-order valence-corrected chi connectivity index (χ1v) is 8.77. The van der Waals surface area contributed by atoms with Crippen LogP contribution in [0.2, 0.25) is 0 Å². The van der Waals surface area contributed by atoms with Crippen molar-refractivity contribution in [3.63, 3.8) is 0 Å². The van der Waals surface area contributed by atoms with Crippen molar-refractivity contribution in [2.75, 3.05) is 6.54 Å². The third-order valence-electron chi connectivity index (χ3n) is 2.95. The Labute approximate surface area is 131 Å². The molecule has 3 aromatic rings. The lowest BCUT2D eigenvalue weighted by molar-refractivity contribution is 0.154. The molecule has 0 spiro atoms. The number of thiophene rings is 1. The van der Waals surface area contributed by atoms with E-state index in [1.807, 2.05) is 0 Å². The topological polar surface area (TPSA) is 92.7 Å². The molecular weight excluding hydrogens is 326 g/mol. The summed E-state index contributed by atoms with van der Waals surface area (Å²) in [6.45, 7) is -0.175. The van der Waals surface area contributed by atoms with Crippen molar-refractivity contribution >= 4 is 21.4 Å². The SMILES string of the molecule is O=S(=O)(NCC(O)c1ccc(-c2ccco2)o1)c1cccs1. The minimum Gasteiger partial charge on any atom is -0.461 e. The summed E-state index contributed by atoms with van der Waals surface area (Å²) in [5.74, 6) is 1.28. The van der Waals surface area contributed by atoms with Gasteiger partial charge in [-0.15, -0.1) is 11.3 Å². The fraction of sp³-hybridized carbons (Fsp3) is 0.143. The van der Waals surface area contributed by atoms with Gasteiger partial charge in [0.25, 0.3) is 0 Å². The third-order valence-corrected chi connectivity index (χ3v) is 5.77. The largest absolute Gasteiger partial charge is 0.461 e. The lowest BCUT2D eigenvalue weighted by Gasteiger charge is -2.09. The van der Waals surface area contributed by atoms with Gasteiger partial charge in [0.15, 0.2) is 11.5 Å². The van der Waals surface area contributed by atoms with Crippen molar-refractivity contribution in [3.8, 4) is 11.5 Å². The second-order valence-corrected chi connectivity index (χ2v) is 7.42. The highest BCUT2D eigenvalue weighted by Crippen LogP contribution is 2.25. The van der Waals surface area contributed by atoms with E-state index in [1.165, 1.54) is 12.3 Å². The van der Waals surface area contributed by atoms with Gasteiger partial charge in [-0.2, -0.15) is 0 Å². The summed E-state index contributed by atoms with van der Waals surface area (Å²) >= 11 is 1.11. The highest BCUT2D eigenvalue weighted by atomic mass is 32.2. The molecule has 0 aliphatic heterocycles. The molecule has 3 aromatic heterocycles. The fourth-order valence-corrected chi connectivity index (χ4v) is 3.94. The number of hydrogen-bond donors (Lipinski definition) is 2. The standard InChI is InChI=1S/C14H13NO5S2/c16-10(9-15-22(17,18)14-4-2-8-21-14)11-5-6-13(20-11)12-3-1-7-19-12/h1-8,10,15-16H,9H2. The average molecular weight is 339 g/mol. The summed E-state index contributed by atoms with van der Waals surface area (Å²) in [7, 11) is -3.61. The van der Waals surface area contributed by atoms with Crippen molar-refractivity contribution in [1.82, 2.24) is 4.72 Å². The van der Waals surface area contributed by atoms with Crippen LogP contribution in [0.4, 0.5) is 0 Å². The Bertz CT molecular complexity index is 819. The van der Waals surface area contributed by atoms with Crippen molar-refractivity contribution in [2.24, 2.45) is 0 Å². The van der Waals surface area contributed by atoms with Gasteiger partial charge in [-0.1, -0.05) is 6.07 Å². The normalized spacial score (nSPS) is 13.3. The molecule has 0 bridgehead atoms. The van der Waals surface area contributed by atoms with Crippen molar-refractivity contribution in [2.45, 2.75) is 10.3 Å². The number of nitrogens with one attached hydrogen (secondary N) is 1. The summed E-state index contributed by atoms with van der Waals surface area (Å²) in [6, 6.07) is 9.85. The monoisotopic (exact) mass is 339 g/mol. The molecule has 1 unspecified atom stereocenters. The van der Waals surface area contributed by atoms with Crippen LogP contribution in [-0.2, 0) is 10.0 Å². The van der Waals surface area contributed by atoms with Crippen molar-refractivity contribution in [1.29, 1.82) is 0 Å². The maximum absolute atomic E-state index is 12.0. The van der Waals surface area contributed by atoms with Crippen LogP contribution in [0.5, 0.6) is 0 Å². The molecule has 3 heterocycles. The van der Waals surface area contributed by atoms with Crippen molar-refractivity contribution < 1.29 is 22.4 Å². The van der Waals surface area contributed by atoms with Crippen LogP contribution >= 0.6 is 11.3 Å². The average Bonchev–Trinajstić information content (AvgIpc) is 3.26. The summed E-state index contributed by atoms with van der Waals surface area (Å²) in [6.07, 6.45) is 0.432. The zero-order chi connectivity index (χ0) is 15.6. The molecule has 0 radical (unpaired) electrons. The van der Waals surface area contributed by atoms with Crippen LogP contribution in [0.25, 0.3) is 11.5 Å². The van der Waals surface area contributed by atoms with Crippen LogP contribution in [0.1, 0.15) is 11.9 Å². The van der Waals surface area contributed by atoms with E-state index in [2.05, 4.69) is 4.72 Å². The predicted molar refractivity (Wildman–Crippen MR) is 80.9 cm³/mol. The van der Waals surface area contributed by atoms with E-state index < -0.39 is 16.1 Å². The van der Waals surface area contributed by atoms with Gasteiger partial charge in [0.05, 0.1) is 6.26 Å². The third kappa shape index (κ3) is 3.14. The van der Waals surface area contributed by atoms with E-state index in [0.29, 0.717) is 11.5 Å². The van der Waals surface area contributed by atoms with Crippen LogP contribution in [0.15, 0.2) is 61.1 Å². The molecule has 0 aromatic carbocycles. The zero-order valence-corrected chi connectivity index (χ0v) is 12.9. The Kier molecular flexibility index (Phi) is 4.16. The maximum atomic E-state index is 12.0. The molecule has 22 heavy (non-hydrogen) atoms. The van der Waals surface area contributed by atoms with Crippen LogP contribution in [0, 0.1) is 0 Å². The number of sulfonamides is 1. The number of rotatable bonds is 6. The van der Waals surface area contributed by atoms with Crippen molar-refractivity contribution in [3.05, 3.63) is 53.8 Å². The Morgan fingerprint density at radius 3 is 2.73 bits per heavy atom. The van der Waals surface area contributed by atoms with Gasteiger partial charge in [-0.05, 0) is 35.7 Å². The molecule has 6 nitrogen and oxygen atoms in total. The Morgan fingerprint density at radius 1 is 1.18 bits per heavy atom. The Balaban J connectivity index is 1.67. The minimum atomic E-state index is -3.61. The highest BCUT2D eigenvalue weighted by Gasteiger charge is 2.20. The predicted octanol–water partition coefficient (Wildman–Crippen LogP) is 2.61. The number of aliphatic hydroxyl groups excluding tert-OH is 1.